The lowest BCUT2D eigenvalue weighted by Gasteiger charge is -2.06. The molecule has 1 radical (unpaired) electrons. The van der Waals surface area contributed by atoms with Crippen LogP contribution in [0.4, 0.5) is 0 Å². The Labute approximate surface area is 96.9 Å². The second-order valence-electron chi connectivity index (χ2n) is 4.05. The molecule has 1 unspecified atom stereocenters. The molecule has 0 amide bonds. The van der Waals surface area contributed by atoms with Crippen molar-refractivity contribution in [2.75, 3.05) is 0 Å². The van der Waals surface area contributed by atoms with E-state index in [1.165, 1.54) is 0 Å². The highest BCUT2D eigenvalue weighted by molar-refractivity contribution is 7.89. The molecule has 4 heteroatoms. The zero-order chi connectivity index (χ0) is 11.8. The second kappa shape index (κ2) is 4.18. The summed E-state index contributed by atoms with van der Waals surface area (Å²) in [7, 11) is -3.29. The van der Waals surface area contributed by atoms with Gasteiger partial charge in [-0.05, 0) is 30.0 Å². The number of sulfonamides is 1. The van der Waals surface area contributed by atoms with E-state index in [-0.39, 0.29) is 6.04 Å². The lowest BCUT2D eigenvalue weighted by Crippen LogP contribution is -2.19. The van der Waals surface area contributed by atoms with Crippen molar-refractivity contribution in [2.24, 2.45) is 0 Å². The summed E-state index contributed by atoms with van der Waals surface area (Å²) in [6, 6.07) is 5.56. The van der Waals surface area contributed by atoms with Gasteiger partial charge in [-0.15, -0.1) is 0 Å². The van der Waals surface area contributed by atoms with E-state index >= 15 is 0 Å². The molecule has 0 spiro atoms. The van der Waals surface area contributed by atoms with Gasteiger partial charge in [-0.25, -0.2) is 13.1 Å². The van der Waals surface area contributed by atoms with Gasteiger partial charge < -0.3 is 0 Å². The van der Waals surface area contributed by atoms with Gasteiger partial charge in [0.15, 0.2) is 0 Å². The summed E-state index contributed by atoms with van der Waals surface area (Å²) in [5.74, 6) is 0. The monoisotopic (exact) mass is 238 g/mol. The van der Waals surface area contributed by atoms with Gasteiger partial charge >= 0.3 is 0 Å². The summed E-state index contributed by atoms with van der Waals surface area (Å²) >= 11 is 0. The lowest BCUT2D eigenvalue weighted by molar-refractivity contribution is 0.583. The average Bonchev–Trinajstić information content (AvgIpc) is 2.51. The molecule has 0 saturated carbocycles. The Morgan fingerprint density at radius 1 is 1.44 bits per heavy atom. The Morgan fingerprint density at radius 2 is 2.19 bits per heavy atom. The van der Waals surface area contributed by atoms with Crippen molar-refractivity contribution in [3.8, 4) is 0 Å². The largest absolute Gasteiger partial charge is 0.241 e. The zero-order valence-electron chi connectivity index (χ0n) is 9.53. The first-order chi connectivity index (χ1) is 7.58. The Hall–Kier alpha value is -0.870. The molecule has 1 atom stereocenters. The van der Waals surface area contributed by atoms with Crippen molar-refractivity contribution in [1.82, 2.24) is 4.72 Å². The van der Waals surface area contributed by atoms with Crippen molar-refractivity contribution in [3.05, 3.63) is 35.7 Å². The third-order valence-corrected chi connectivity index (χ3v) is 4.35. The Kier molecular flexibility index (Phi) is 3.04. The first-order valence-corrected chi connectivity index (χ1v) is 7.01. The normalized spacial score (nSPS) is 22.0. The summed E-state index contributed by atoms with van der Waals surface area (Å²) < 4.78 is 26.3. The third kappa shape index (κ3) is 1.87. The maximum absolute atomic E-state index is 11.8. The van der Waals surface area contributed by atoms with E-state index in [0.29, 0.717) is 4.90 Å². The number of fused-ring (bicyclic) bond motifs is 1. The molecule has 2 rings (SSSR count). The summed E-state index contributed by atoms with van der Waals surface area (Å²) in [5, 5.41) is 0. The SMILES string of the molecule is C[CH]C1NS(=O)(=O)c2cc(CCC)ccc21. The second-order valence-corrected chi connectivity index (χ2v) is 5.74. The molecular formula is C12H16NO2S. The minimum absolute atomic E-state index is 0.171. The van der Waals surface area contributed by atoms with Gasteiger partial charge in [-0.2, -0.15) is 0 Å². The summed E-state index contributed by atoms with van der Waals surface area (Å²) in [4.78, 5) is 0.446. The Morgan fingerprint density at radius 3 is 2.81 bits per heavy atom. The van der Waals surface area contributed by atoms with E-state index in [1.54, 1.807) is 6.07 Å². The molecule has 0 bridgehead atoms. The molecule has 0 aromatic heterocycles. The molecule has 0 aliphatic carbocycles. The zero-order valence-corrected chi connectivity index (χ0v) is 10.3. The van der Waals surface area contributed by atoms with Crippen molar-refractivity contribution < 1.29 is 8.42 Å². The van der Waals surface area contributed by atoms with Gasteiger partial charge in [0, 0.05) is 0 Å². The van der Waals surface area contributed by atoms with E-state index in [9.17, 15) is 8.42 Å². The van der Waals surface area contributed by atoms with E-state index in [4.69, 9.17) is 0 Å². The first kappa shape index (κ1) is 11.6. The van der Waals surface area contributed by atoms with E-state index in [0.717, 1.165) is 24.0 Å². The van der Waals surface area contributed by atoms with Crippen molar-refractivity contribution in [2.45, 2.75) is 37.6 Å². The minimum atomic E-state index is -3.29. The molecule has 87 valence electrons. The van der Waals surface area contributed by atoms with Gasteiger partial charge in [-0.1, -0.05) is 32.4 Å². The van der Waals surface area contributed by atoms with Crippen LogP contribution in [0.25, 0.3) is 0 Å². The van der Waals surface area contributed by atoms with Crippen LogP contribution in [0, 0.1) is 6.42 Å². The minimum Gasteiger partial charge on any atom is -0.207 e. The van der Waals surface area contributed by atoms with Crippen LogP contribution in [-0.2, 0) is 16.4 Å². The fourth-order valence-electron chi connectivity index (χ4n) is 2.05. The smallest absolute Gasteiger partial charge is 0.207 e. The molecule has 1 N–H and O–H groups in total. The summed E-state index contributed by atoms with van der Waals surface area (Å²) in [5.41, 5.74) is 1.95. The number of benzene rings is 1. The Balaban J connectivity index is 2.50. The van der Waals surface area contributed by atoms with Crippen molar-refractivity contribution in [3.63, 3.8) is 0 Å². The fourth-order valence-corrected chi connectivity index (χ4v) is 3.59. The first-order valence-electron chi connectivity index (χ1n) is 5.53. The maximum Gasteiger partial charge on any atom is 0.241 e. The standard InChI is InChI=1S/C12H16NO2S/c1-3-5-9-6-7-10-11(4-2)13-16(14,15)12(10)8-9/h4,6-8,11,13H,3,5H2,1-2H3. The van der Waals surface area contributed by atoms with Crippen LogP contribution < -0.4 is 4.72 Å². The van der Waals surface area contributed by atoms with Crippen molar-refractivity contribution in [1.29, 1.82) is 0 Å². The highest BCUT2D eigenvalue weighted by Gasteiger charge is 2.32. The van der Waals surface area contributed by atoms with E-state index in [1.807, 2.05) is 25.5 Å². The van der Waals surface area contributed by atoms with E-state index in [2.05, 4.69) is 11.6 Å². The molecule has 1 aromatic carbocycles. The van der Waals surface area contributed by atoms with Crippen molar-refractivity contribution >= 4 is 10.0 Å². The van der Waals surface area contributed by atoms with Gasteiger partial charge in [0.1, 0.15) is 0 Å². The molecule has 16 heavy (non-hydrogen) atoms. The molecule has 0 saturated heterocycles. The summed E-state index contributed by atoms with van der Waals surface area (Å²) in [6.07, 6.45) is 3.81. The molecule has 3 nitrogen and oxygen atoms in total. The molecule has 1 aliphatic heterocycles. The van der Waals surface area contributed by atoms with Crippen LogP contribution in [0.3, 0.4) is 0 Å². The fraction of sp³-hybridized carbons (Fsp3) is 0.417. The predicted octanol–water partition coefficient (Wildman–Crippen LogP) is 2.20. The van der Waals surface area contributed by atoms with Crippen LogP contribution in [-0.4, -0.2) is 8.42 Å². The summed E-state index contributed by atoms with van der Waals surface area (Å²) in [6.45, 7) is 3.95. The highest BCUT2D eigenvalue weighted by atomic mass is 32.2. The molecule has 0 fully saturated rings. The number of hydrogen-bond donors (Lipinski definition) is 1. The average molecular weight is 238 g/mol. The maximum atomic E-state index is 11.8. The number of nitrogens with one attached hydrogen (secondary N) is 1. The quantitative estimate of drug-likeness (QED) is 0.877. The van der Waals surface area contributed by atoms with Gasteiger partial charge in [0.05, 0.1) is 10.9 Å². The lowest BCUT2D eigenvalue weighted by atomic mass is 10.0. The van der Waals surface area contributed by atoms with Gasteiger partial charge in [0.25, 0.3) is 0 Å². The number of rotatable bonds is 3. The molecule has 1 heterocycles. The van der Waals surface area contributed by atoms with Gasteiger partial charge in [-0.3, -0.25) is 0 Å². The van der Waals surface area contributed by atoms with Gasteiger partial charge in [0.2, 0.25) is 10.0 Å². The predicted molar refractivity (Wildman–Crippen MR) is 63.5 cm³/mol. The van der Waals surface area contributed by atoms with E-state index < -0.39 is 10.0 Å². The third-order valence-electron chi connectivity index (χ3n) is 2.86. The number of hydrogen-bond acceptors (Lipinski definition) is 2. The van der Waals surface area contributed by atoms with Crippen LogP contribution in [0.2, 0.25) is 0 Å². The van der Waals surface area contributed by atoms with Crippen LogP contribution in [0.15, 0.2) is 23.1 Å². The molecule has 1 aromatic rings. The molecule has 1 aliphatic rings. The number of aryl methyl sites for hydroxylation is 1. The Bertz CT molecular complexity index is 494. The molecular weight excluding hydrogens is 222 g/mol. The van der Waals surface area contributed by atoms with Crippen LogP contribution >= 0.6 is 0 Å². The topological polar surface area (TPSA) is 46.2 Å². The highest BCUT2D eigenvalue weighted by Crippen LogP contribution is 2.32. The van der Waals surface area contributed by atoms with Crippen LogP contribution in [0.1, 0.15) is 37.4 Å². The van der Waals surface area contributed by atoms with Crippen LogP contribution in [0.5, 0.6) is 0 Å².